The van der Waals surface area contributed by atoms with E-state index in [1.54, 1.807) is 6.08 Å². The van der Waals surface area contributed by atoms with E-state index >= 15 is 0 Å². The van der Waals surface area contributed by atoms with E-state index in [9.17, 15) is 9.59 Å². The van der Waals surface area contributed by atoms with Crippen molar-refractivity contribution in [1.29, 1.82) is 0 Å². The molecule has 0 fully saturated rings. The van der Waals surface area contributed by atoms with Gasteiger partial charge in [-0.3, -0.25) is 20.4 Å². The van der Waals surface area contributed by atoms with Crippen molar-refractivity contribution in [2.45, 2.75) is 19.8 Å². The van der Waals surface area contributed by atoms with Gasteiger partial charge in [-0.05, 0) is 6.42 Å². The van der Waals surface area contributed by atoms with Crippen LogP contribution in [0.2, 0.25) is 0 Å². The van der Waals surface area contributed by atoms with Crippen LogP contribution in [0, 0.1) is 0 Å². The minimum Gasteiger partial charge on any atom is -0.274 e. The first kappa shape index (κ1) is 9.68. The van der Waals surface area contributed by atoms with Crippen LogP contribution in [-0.2, 0) is 9.59 Å². The quantitative estimate of drug-likeness (QED) is 0.450. The zero-order chi connectivity index (χ0) is 8.69. The Morgan fingerprint density at radius 2 is 2.09 bits per heavy atom. The molecule has 0 radical (unpaired) electrons. The molecule has 0 aliphatic heterocycles. The summed E-state index contributed by atoms with van der Waals surface area (Å²) >= 11 is 0. The van der Waals surface area contributed by atoms with Crippen molar-refractivity contribution >= 4 is 11.8 Å². The molecule has 2 N–H and O–H groups in total. The molecule has 0 unspecified atom stereocenters. The van der Waals surface area contributed by atoms with Crippen molar-refractivity contribution in [3.63, 3.8) is 0 Å². The molecular formula is C7H12N2O2. The molecule has 0 bridgehead atoms. The minimum atomic E-state index is -0.281. The van der Waals surface area contributed by atoms with Crippen molar-refractivity contribution < 1.29 is 9.59 Å². The first-order valence-electron chi connectivity index (χ1n) is 3.33. The normalized spacial score (nSPS) is 8.45. The van der Waals surface area contributed by atoms with Gasteiger partial charge in [-0.1, -0.05) is 6.08 Å². The van der Waals surface area contributed by atoms with Gasteiger partial charge in [-0.2, -0.15) is 0 Å². The number of allylic oxidation sites excluding steroid dienone is 1. The molecule has 0 saturated heterocycles. The predicted molar refractivity (Wildman–Crippen MR) is 41.4 cm³/mol. The summed E-state index contributed by atoms with van der Waals surface area (Å²) in [5.74, 6) is -0.489. The minimum absolute atomic E-state index is 0.208. The summed E-state index contributed by atoms with van der Waals surface area (Å²) in [5.41, 5.74) is 4.41. The fourth-order valence-corrected chi connectivity index (χ4v) is 0.453. The van der Waals surface area contributed by atoms with Gasteiger partial charge in [0.2, 0.25) is 11.8 Å². The highest BCUT2D eigenvalue weighted by atomic mass is 16.2. The Labute approximate surface area is 65.6 Å². The molecule has 0 aromatic heterocycles. The summed E-state index contributed by atoms with van der Waals surface area (Å²) in [6, 6.07) is 0. The van der Waals surface area contributed by atoms with Gasteiger partial charge in [0.15, 0.2) is 0 Å². The van der Waals surface area contributed by atoms with Crippen LogP contribution < -0.4 is 10.9 Å². The number of amides is 2. The average molecular weight is 156 g/mol. The van der Waals surface area contributed by atoms with E-state index in [2.05, 4.69) is 17.4 Å². The van der Waals surface area contributed by atoms with Crippen molar-refractivity contribution in [3.05, 3.63) is 12.7 Å². The standard InChI is InChI=1S/C7H12N2O2/c1-3-4-5-7(11)9-8-6(2)10/h3H,1,4-5H2,2H3,(H,8,10)(H,9,11). The van der Waals surface area contributed by atoms with E-state index in [-0.39, 0.29) is 11.8 Å². The second kappa shape index (κ2) is 5.46. The summed E-state index contributed by atoms with van der Waals surface area (Å²) in [7, 11) is 0. The Morgan fingerprint density at radius 1 is 1.45 bits per heavy atom. The Balaban J connectivity index is 3.37. The van der Waals surface area contributed by atoms with Crippen LogP contribution in [0.3, 0.4) is 0 Å². The van der Waals surface area contributed by atoms with Gasteiger partial charge in [-0.25, -0.2) is 0 Å². The number of hydrazine groups is 1. The maximum absolute atomic E-state index is 10.7. The van der Waals surface area contributed by atoms with E-state index in [0.29, 0.717) is 12.8 Å². The molecule has 0 aromatic rings. The fourth-order valence-electron chi connectivity index (χ4n) is 0.453. The molecule has 11 heavy (non-hydrogen) atoms. The van der Waals surface area contributed by atoms with E-state index in [1.165, 1.54) is 6.92 Å². The van der Waals surface area contributed by atoms with Crippen LogP contribution in [0.1, 0.15) is 19.8 Å². The molecule has 4 nitrogen and oxygen atoms in total. The van der Waals surface area contributed by atoms with E-state index in [0.717, 1.165) is 0 Å². The summed E-state index contributed by atoms with van der Waals surface area (Å²) < 4.78 is 0. The summed E-state index contributed by atoms with van der Waals surface area (Å²) in [6.07, 6.45) is 2.61. The van der Waals surface area contributed by atoms with Crippen molar-refractivity contribution in [1.82, 2.24) is 10.9 Å². The maximum Gasteiger partial charge on any atom is 0.238 e. The number of nitrogens with one attached hydrogen (secondary N) is 2. The summed E-state index contributed by atoms with van der Waals surface area (Å²) in [6.45, 7) is 4.79. The Kier molecular flexibility index (Phi) is 4.81. The highest BCUT2D eigenvalue weighted by Gasteiger charge is 1.97. The van der Waals surface area contributed by atoms with Crippen LogP contribution in [0.25, 0.3) is 0 Å². The molecule has 62 valence electrons. The van der Waals surface area contributed by atoms with Gasteiger partial charge >= 0.3 is 0 Å². The lowest BCUT2D eigenvalue weighted by molar-refractivity contribution is -0.127. The topological polar surface area (TPSA) is 58.2 Å². The number of carbonyl (C=O) groups is 2. The molecule has 0 aliphatic carbocycles. The van der Waals surface area contributed by atoms with Gasteiger partial charge in [0.05, 0.1) is 0 Å². The molecule has 0 heterocycles. The van der Waals surface area contributed by atoms with E-state index < -0.39 is 0 Å². The van der Waals surface area contributed by atoms with Crippen LogP contribution in [-0.4, -0.2) is 11.8 Å². The zero-order valence-corrected chi connectivity index (χ0v) is 6.52. The molecular weight excluding hydrogens is 144 g/mol. The maximum atomic E-state index is 10.7. The van der Waals surface area contributed by atoms with Gasteiger partial charge in [0, 0.05) is 13.3 Å². The van der Waals surface area contributed by atoms with E-state index in [4.69, 9.17) is 0 Å². The third kappa shape index (κ3) is 6.57. The van der Waals surface area contributed by atoms with Gasteiger partial charge in [0.25, 0.3) is 0 Å². The molecule has 2 amide bonds. The average Bonchev–Trinajstić information content (AvgIpc) is 1.97. The molecule has 0 atom stereocenters. The number of hydrogen-bond donors (Lipinski definition) is 2. The predicted octanol–water partition coefficient (Wildman–Crippen LogP) is 0.120. The third-order valence-corrected chi connectivity index (χ3v) is 0.953. The molecule has 0 aliphatic rings. The first-order chi connectivity index (χ1) is 5.16. The monoisotopic (exact) mass is 156 g/mol. The van der Waals surface area contributed by atoms with Gasteiger partial charge in [-0.15, -0.1) is 6.58 Å². The summed E-state index contributed by atoms with van der Waals surface area (Å²) in [4.78, 5) is 21.0. The lowest BCUT2D eigenvalue weighted by Crippen LogP contribution is -2.40. The van der Waals surface area contributed by atoms with Crippen LogP contribution in [0.15, 0.2) is 12.7 Å². The number of rotatable bonds is 3. The van der Waals surface area contributed by atoms with Gasteiger partial charge < -0.3 is 0 Å². The molecule has 0 saturated carbocycles. The molecule has 0 spiro atoms. The lowest BCUT2D eigenvalue weighted by atomic mass is 10.3. The lowest BCUT2D eigenvalue weighted by Gasteiger charge is -2.02. The summed E-state index contributed by atoms with van der Waals surface area (Å²) in [5, 5.41) is 0. The SMILES string of the molecule is C=CCCC(=O)NNC(C)=O. The highest BCUT2D eigenvalue weighted by Crippen LogP contribution is 1.86. The fraction of sp³-hybridized carbons (Fsp3) is 0.429. The Hall–Kier alpha value is -1.32. The van der Waals surface area contributed by atoms with Crippen LogP contribution in [0.4, 0.5) is 0 Å². The van der Waals surface area contributed by atoms with Crippen molar-refractivity contribution in [2.75, 3.05) is 0 Å². The highest BCUT2D eigenvalue weighted by molar-refractivity contribution is 5.80. The van der Waals surface area contributed by atoms with E-state index in [1.807, 2.05) is 0 Å². The third-order valence-electron chi connectivity index (χ3n) is 0.953. The number of carbonyl (C=O) groups excluding carboxylic acids is 2. The van der Waals surface area contributed by atoms with Crippen molar-refractivity contribution in [2.24, 2.45) is 0 Å². The zero-order valence-electron chi connectivity index (χ0n) is 6.52. The first-order valence-corrected chi connectivity index (χ1v) is 3.33. The number of hydrogen-bond acceptors (Lipinski definition) is 2. The second-order valence-corrected chi connectivity index (χ2v) is 2.06. The Bertz CT molecular complexity index is 166. The Morgan fingerprint density at radius 3 is 2.55 bits per heavy atom. The van der Waals surface area contributed by atoms with Crippen LogP contribution in [0.5, 0.6) is 0 Å². The second-order valence-electron chi connectivity index (χ2n) is 2.06. The molecule has 4 heteroatoms. The largest absolute Gasteiger partial charge is 0.274 e. The van der Waals surface area contributed by atoms with Crippen molar-refractivity contribution in [3.8, 4) is 0 Å². The molecule has 0 aromatic carbocycles. The molecule has 0 rings (SSSR count). The van der Waals surface area contributed by atoms with Gasteiger partial charge in [0.1, 0.15) is 0 Å². The van der Waals surface area contributed by atoms with Crippen LogP contribution >= 0.6 is 0 Å². The smallest absolute Gasteiger partial charge is 0.238 e.